The zero-order valence-corrected chi connectivity index (χ0v) is 8.26. The molecule has 1 aromatic rings. The molecular weight excluding hydrogens is 162 g/mol. The van der Waals surface area contributed by atoms with Gasteiger partial charge in [-0.15, -0.1) is 0 Å². The third-order valence-electron chi connectivity index (χ3n) is 3.07. The Morgan fingerprint density at radius 3 is 2.69 bits per heavy atom. The van der Waals surface area contributed by atoms with Crippen LogP contribution in [0.25, 0.3) is 0 Å². The molecule has 0 radical (unpaired) electrons. The number of phenols is 1. The Morgan fingerprint density at radius 2 is 2.08 bits per heavy atom. The number of rotatable bonds is 0. The van der Waals surface area contributed by atoms with Crippen LogP contribution in [-0.2, 0) is 0 Å². The van der Waals surface area contributed by atoms with E-state index < -0.39 is 0 Å². The second kappa shape index (κ2) is 2.41. The first-order chi connectivity index (χ1) is 6.02. The summed E-state index contributed by atoms with van der Waals surface area (Å²) in [4.78, 5) is 0. The van der Waals surface area contributed by atoms with Gasteiger partial charge in [-0.05, 0) is 25.5 Å². The van der Waals surface area contributed by atoms with Crippen molar-refractivity contribution in [2.24, 2.45) is 0 Å². The Morgan fingerprint density at radius 1 is 1.38 bits per heavy atom. The van der Waals surface area contributed by atoms with Gasteiger partial charge in [-0.1, -0.05) is 19.1 Å². The average Bonchev–Trinajstić information content (AvgIpc) is 2.28. The maximum atomic E-state index is 9.62. The molecule has 0 fully saturated rings. The van der Waals surface area contributed by atoms with Crippen molar-refractivity contribution >= 4 is 5.69 Å². The van der Waals surface area contributed by atoms with Crippen LogP contribution >= 0.6 is 0 Å². The molecule has 0 amide bonds. The summed E-state index contributed by atoms with van der Waals surface area (Å²) in [7, 11) is 0. The van der Waals surface area contributed by atoms with Crippen molar-refractivity contribution < 1.29 is 5.11 Å². The van der Waals surface area contributed by atoms with Crippen molar-refractivity contribution in [3.05, 3.63) is 23.8 Å². The molecule has 0 bridgehead atoms. The molecule has 2 N–H and O–H groups in total. The number of nitrogens with one attached hydrogen (secondary N) is 1. The summed E-state index contributed by atoms with van der Waals surface area (Å²) >= 11 is 0. The van der Waals surface area contributed by atoms with Crippen molar-refractivity contribution in [1.29, 1.82) is 0 Å². The lowest BCUT2D eigenvalue weighted by atomic mass is 9.88. The highest BCUT2D eigenvalue weighted by molar-refractivity contribution is 5.68. The van der Waals surface area contributed by atoms with Crippen molar-refractivity contribution in [2.75, 3.05) is 5.32 Å². The van der Waals surface area contributed by atoms with E-state index in [4.69, 9.17) is 0 Å². The van der Waals surface area contributed by atoms with Gasteiger partial charge in [0.2, 0.25) is 0 Å². The fourth-order valence-corrected chi connectivity index (χ4v) is 1.87. The normalized spacial score (nSPS) is 23.8. The highest BCUT2D eigenvalue weighted by atomic mass is 16.3. The lowest BCUT2D eigenvalue weighted by molar-refractivity contribution is 0.475. The Hall–Kier alpha value is -1.18. The summed E-state index contributed by atoms with van der Waals surface area (Å²) in [5.41, 5.74) is 2.16. The van der Waals surface area contributed by atoms with E-state index in [2.05, 4.69) is 32.2 Å². The molecule has 0 spiro atoms. The Kier molecular flexibility index (Phi) is 1.56. The van der Waals surface area contributed by atoms with Crippen LogP contribution in [0.4, 0.5) is 5.69 Å². The van der Waals surface area contributed by atoms with Gasteiger partial charge in [0.1, 0.15) is 5.75 Å². The summed E-state index contributed by atoms with van der Waals surface area (Å²) in [6.45, 7) is 6.48. The minimum atomic E-state index is 0.0428. The van der Waals surface area contributed by atoms with Gasteiger partial charge in [0, 0.05) is 11.5 Å². The first-order valence-corrected chi connectivity index (χ1v) is 4.62. The number of anilines is 1. The van der Waals surface area contributed by atoms with Crippen molar-refractivity contribution in [3.8, 4) is 5.75 Å². The van der Waals surface area contributed by atoms with Gasteiger partial charge in [-0.25, -0.2) is 0 Å². The number of aromatic hydroxyl groups is 1. The van der Waals surface area contributed by atoms with Crippen LogP contribution < -0.4 is 5.32 Å². The zero-order valence-electron chi connectivity index (χ0n) is 8.26. The van der Waals surface area contributed by atoms with Crippen molar-refractivity contribution in [3.63, 3.8) is 0 Å². The van der Waals surface area contributed by atoms with E-state index in [1.165, 1.54) is 5.56 Å². The van der Waals surface area contributed by atoms with Crippen molar-refractivity contribution in [2.45, 2.75) is 32.2 Å². The quantitative estimate of drug-likeness (QED) is 0.597. The third-order valence-corrected chi connectivity index (χ3v) is 3.07. The van der Waals surface area contributed by atoms with Gasteiger partial charge in [-0.3, -0.25) is 0 Å². The predicted molar refractivity (Wildman–Crippen MR) is 54.2 cm³/mol. The second-order valence-electron chi connectivity index (χ2n) is 4.31. The molecule has 2 nitrogen and oxygen atoms in total. The van der Waals surface area contributed by atoms with Gasteiger partial charge in [0.05, 0.1) is 5.69 Å². The molecule has 1 aliphatic rings. The van der Waals surface area contributed by atoms with Crippen LogP contribution in [0.5, 0.6) is 5.75 Å². The average molecular weight is 177 g/mol. The fraction of sp³-hybridized carbons (Fsp3) is 0.455. The molecule has 1 atom stereocenters. The second-order valence-corrected chi connectivity index (χ2v) is 4.31. The highest BCUT2D eigenvalue weighted by Crippen LogP contribution is 2.45. The summed E-state index contributed by atoms with van der Waals surface area (Å²) in [6, 6.07) is 5.69. The van der Waals surface area contributed by atoms with E-state index in [9.17, 15) is 5.11 Å². The zero-order chi connectivity index (χ0) is 9.64. The first-order valence-electron chi connectivity index (χ1n) is 4.62. The molecule has 1 aliphatic heterocycles. The molecule has 1 heterocycles. The van der Waals surface area contributed by atoms with E-state index in [-0.39, 0.29) is 5.54 Å². The highest BCUT2D eigenvalue weighted by Gasteiger charge is 2.36. The predicted octanol–water partition coefficient (Wildman–Crippen LogP) is 2.70. The molecule has 2 rings (SSSR count). The largest absolute Gasteiger partial charge is 0.506 e. The number of fused-ring (bicyclic) bond motifs is 1. The number of hydrogen-bond acceptors (Lipinski definition) is 2. The number of phenolic OH excluding ortho intramolecular Hbond substituents is 1. The maximum absolute atomic E-state index is 9.62. The SMILES string of the molecule is CC1c2cccc(O)c2NC1(C)C. The molecule has 2 heteroatoms. The molecule has 0 aromatic heterocycles. The molecule has 70 valence electrons. The standard InChI is InChI=1S/C11H15NO/c1-7-8-5-4-6-9(13)10(8)12-11(7,2)3/h4-7,12-13H,1-3H3. The fourth-order valence-electron chi connectivity index (χ4n) is 1.87. The van der Waals surface area contributed by atoms with Gasteiger partial charge in [0.15, 0.2) is 0 Å². The van der Waals surface area contributed by atoms with Crippen LogP contribution in [0.2, 0.25) is 0 Å². The molecule has 13 heavy (non-hydrogen) atoms. The van der Waals surface area contributed by atoms with E-state index in [1.54, 1.807) is 6.07 Å². The lowest BCUT2D eigenvalue weighted by Crippen LogP contribution is -2.30. The summed E-state index contributed by atoms with van der Waals surface area (Å²) in [6.07, 6.45) is 0. The number of benzene rings is 1. The monoisotopic (exact) mass is 177 g/mol. The Bertz CT molecular complexity index is 344. The molecule has 1 unspecified atom stereocenters. The van der Waals surface area contributed by atoms with Crippen LogP contribution in [0.3, 0.4) is 0 Å². The summed E-state index contributed by atoms with van der Waals surface area (Å²) in [5, 5.41) is 13.0. The topological polar surface area (TPSA) is 32.3 Å². The van der Waals surface area contributed by atoms with Crippen LogP contribution in [0.1, 0.15) is 32.3 Å². The summed E-state index contributed by atoms with van der Waals surface area (Å²) < 4.78 is 0. The molecule has 0 aliphatic carbocycles. The first kappa shape index (κ1) is 8.42. The van der Waals surface area contributed by atoms with Gasteiger partial charge >= 0.3 is 0 Å². The molecule has 1 aromatic carbocycles. The minimum absolute atomic E-state index is 0.0428. The minimum Gasteiger partial charge on any atom is -0.506 e. The lowest BCUT2D eigenvalue weighted by Gasteiger charge is -2.24. The van der Waals surface area contributed by atoms with Gasteiger partial charge < -0.3 is 10.4 Å². The van der Waals surface area contributed by atoms with Crippen molar-refractivity contribution in [1.82, 2.24) is 0 Å². The van der Waals surface area contributed by atoms with Crippen LogP contribution in [-0.4, -0.2) is 10.6 Å². The van der Waals surface area contributed by atoms with E-state index in [1.807, 2.05) is 6.07 Å². The smallest absolute Gasteiger partial charge is 0.138 e. The van der Waals surface area contributed by atoms with Gasteiger partial charge in [0.25, 0.3) is 0 Å². The van der Waals surface area contributed by atoms with Crippen LogP contribution in [0.15, 0.2) is 18.2 Å². The molecular formula is C11H15NO. The third kappa shape index (κ3) is 1.09. The molecule has 0 saturated heterocycles. The Balaban J connectivity index is 2.56. The van der Waals surface area contributed by atoms with Crippen LogP contribution in [0, 0.1) is 0 Å². The Labute approximate surface area is 78.6 Å². The number of para-hydroxylation sites is 1. The van der Waals surface area contributed by atoms with E-state index >= 15 is 0 Å². The maximum Gasteiger partial charge on any atom is 0.138 e. The van der Waals surface area contributed by atoms with E-state index in [0.29, 0.717) is 11.7 Å². The number of hydrogen-bond donors (Lipinski definition) is 2. The summed E-state index contributed by atoms with van der Waals surface area (Å²) in [5.74, 6) is 0.796. The van der Waals surface area contributed by atoms with Gasteiger partial charge in [-0.2, -0.15) is 0 Å². The molecule has 0 saturated carbocycles. The van der Waals surface area contributed by atoms with E-state index in [0.717, 1.165) is 5.69 Å².